The zero-order valence-electron chi connectivity index (χ0n) is 8.48. The van der Waals surface area contributed by atoms with E-state index in [4.69, 9.17) is 0 Å². The molecule has 0 aliphatic rings. The third-order valence-corrected chi connectivity index (χ3v) is 2.95. The van der Waals surface area contributed by atoms with Gasteiger partial charge in [0.15, 0.2) is 0 Å². The van der Waals surface area contributed by atoms with Crippen molar-refractivity contribution in [2.75, 3.05) is 0 Å². The minimum atomic E-state index is -5.35. The van der Waals surface area contributed by atoms with Gasteiger partial charge in [-0.25, -0.2) is 4.79 Å². The molecule has 0 amide bonds. The molecule has 4 nitrogen and oxygen atoms in total. The minimum Gasteiger partial charge on any atom is -0.334 e. The molecule has 0 spiro atoms. The van der Waals surface area contributed by atoms with Crippen LogP contribution in [-0.2, 0) is 19.1 Å². The maximum atomic E-state index is 11.8. The molecule has 1 aromatic rings. The van der Waals surface area contributed by atoms with E-state index in [1.165, 1.54) is 12.1 Å². The summed E-state index contributed by atoms with van der Waals surface area (Å²) in [6.07, 6.45) is -5.35. The van der Waals surface area contributed by atoms with Crippen LogP contribution in [0.2, 0.25) is 0 Å². The Morgan fingerprint density at radius 1 is 1.18 bits per heavy atom. The molecule has 1 rings (SSSR count). The maximum absolute atomic E-state index is 11.8. The van der Waals surface area contributed by atoms with E-state index in [0.717, 1.165) is 12.1 Å². The van der Waals surface area contributed by atoms with E-state index in [-0.39, 0.29) is 0 Å². The van der Waals surface area contributed by atoms with Gasteiger partial charge in [-0.15, -0.1) is 0 Å². The molecule has 0 fully saturated rings. The van der Waals surface area contributed by atoms with E-state index in [1.807, 2.05) is 0 Å². The highest BCUT2D eigenvalue weighted by molar-refractivity contribution is 7.87. The topological polar surface area (TPSA) is 60.4 Å². The van der Waals surface area contributed by atoms with E-state index < -0.39 is 27.2 Å². The number of alkyl halides is 3. The van der Waals surface area contributed by atoms with Crippen LogP contribution in [0.25, 0.3) is 0 Å². The van der Waals surface area contributed by atoms with Gasteiger partial charge < -0.3 is 4.18 Å². The third kappa shape index (κ3) is 3.45. The third-order valence-electron chi connectivity index (χ3n) is 1.73. The first kappa shape index (κ1) is 13.5. The van der Waals surface area contributed by atoms with Gasteiger partial charge in [0.05, 0.1) is 0 Å². The number of rotatable bonds is 2. The Labute approximate surface area is 95.1 Å². The van der Waals surface area contributed by atoms with Crippen molar-refractivity contribution >= 4 is 16.1 Å². The highest BCUT2D eigenvalue weighted by atomic mass is 32.2. The van der Waals surface area contributed by atoms with Crippen molar-refractivity contribution < 1.29 is 30.6 Å². The molecule has 0 saturated heterocycles. The smallest absolute Gasteiger partial charge is 0.334 e. The number of aryl methyl sites for hydroxylation is 1. The standard InChI is InChI=1S/C9H7F3O4S/c1-6-2-4-7(5-3-6)17(14,15)16-8(13)9(10,11)12/h2-5H,1H3. The van der Waals surface area contributed by atoms with Crippen molar-refractivity contribution in [1.82, 2.24) is 0 Å². The Morgan fingerprint density at radius 3 is 2.06 bits per heavy atom. The lowest BCUT2D eigenvalue weighted by Gasteiger charge is -2.07. The van der Waals surface area contributed by atoms with Crippen LogP contribution in [0.4, 0.5) is 13.2 Å². The van der Waals surface area contributed by atoms with Crippen LogP contribution in [0.5, 0.6) is 0 Å². The van der Waals surface area contributed by atoms with Gasteiger partial charge in [0, 0.05) is 0 Å². The number of carbonyl (C=O) groups is 1. The molecule has 0 N–H and O–H groups in total. The SMILES string of the molecule is Cc1ccc(S(=O)(=O)OC(=O)C(F)(F)F)cc1. The maximum Gasteiger partial charge on any atom is 0.492 e. The lowest BCUT2D eigenvalue weighted by Crippen LogP contribution is -2.28. The lowest BCUT2D eigenvalue weighted by atomic mass is 10.2. The molecule has 8 heteroatoms. The second-order valence-electron chi connectivity index (χ2n) is 3.14. The molecule has 0 aromatic heterocycles. The summed E-state index contributed by atoms with van der Waals surface area (Å²) in [6, 6.07) is 4.84. The van der Waals surface area contributed by atoms with E-state index in [9.17, 15) is 26.4 Å². The molecule has 0 radical (unpaired) electrons. The first-order valence-corrected chi connectivity index (χ1v) is 5.66. The van der Waals surface area contributed by atoms with Crippen LogP contribution < -0.4 is 0 Å². The van der Waals surface area contributed by atoms with Crippen molar-refractivity contribution in [2.24, 2.45) is 0 Å². The number of halogens is 3. The largest absolute Gasteiger partial charge is 0.492 e. The Kier molecular flexibility index (Phi) is 3.46. The molecule has 0 saturated carbocycles. The van der Waals surface area contributed by atoms with Crippen LogP contribution in [-0.4, -0.2) is 20.6 Å². The Hall–Kier alpha value is -1.57. The predicted octanol–water partition coefficient (Wildman–Crippen LogP) is 1.79. The van der Waals surface area contributed by atoms with Crippen molar-refractivity contribution in [2.45, 2.75) is 18.0 Å². The second-order valence-corrected chi connectivity index (χ2v) is 4.68. The zero-order chi connectivity index (χ0) is 13.3. The summed E-state index contributed by atoms with van der Waals surface area (Å²) < 4.78 is 61.4. The Morgan fingerprint density at radius 2 is 1.65 bits per heavy atom. The fourth-order valence-electron chi connectivity index (χ4n) is 0.900. The Bertz CT molecular complexity index is 516. The summed E-state index contributed by atoms with van der Waals surface area (Å²) in [6.45, 7) is 1.66. The first-order chi connectivity index (χ1) is 7.63. The van der Waals surface area contributed by atoms with Crippen LogP contribution in [0.3, 0.4) is 0 Å². The summed E-state index contributed by atoms with van der Waals surface area (Å²) in [7, 11) is -4.73. The lowest BCUT2D eigenvalue weighted by molar-refractivity contribution is -0.189. The summed E-state index contributed by atoms with van der Waals surface area (Å²) in [5.74, 6) is -2.77. The summed E-state index contributed by atoms with van der Waals surface area (Å²) in [5, 5.41) is 0. The van der Waals surface area contributed by atoms with Gasteiger partial charge in [-0.1, -0.05) is 17.7 Å². The van der Waals surface area contributed by atoms with Crippen LogP contribution in [0, 0.1) is 6.92 Å². The van der Waals surface area contributed by atoms with Gasteiger partial charge in [0.1, 0.15) is 4.90 Å². The molecular formula is C9H7F3O4S. The Balaban J connectivity index is 2.98. The van der Waals surface area contributed by atoms with Gasteiger partial charge in [-0.05, 0) is 19.1 Å². The van der Waals surface area contributed by atoms with Gasteiger partial charge in [0.2, 0.25) is 0 Å². The molecule has 94 valence electrons. The monoisotopic (exact) mass is 268 g/mol. The molecule has 0 unspecified atom stereocenters. The minimum absolute atomic E-state index is 0.513. The highest BCUT2D eigenvalue weighted by Crippen LogP contribution is 2.21. The molecular weight excluding hydrogens is 261 g/mol. The number of hydrogen-bond donors (Lipinski definition) is 0. The fourth-order valence-corrected chi connectivity index (χ4v) is 1.76. The summed E-state index contributed by atoms with van der Waals surface area (Å²) >= 11 is 0. The van der Waals surface area contributed by atoms with Crippen molar-refractivity contribution in [3.05, 3.63) is 29.8 Å². The summed E-state index contributed by atoms with van der Waals surface area (Å²) in [4.78, 5) is 9.88. The zero-order valence-corrected chi connectivity index (χ0v) is 9.30. The molecule has 0 bridgehead atoms. The van der Waals surface area contributed by atoms with E-state index in [0.29, 0.717) is 5.56 Å². The number of carbonyl (C=O) groups excluding carboxylic acids is 1. The molecule has 17 heavy (non-hydrogen) atoms. The summed E-state index contributed by atoms with van der Waals surface area (Å²) in [5.41, 5.74) is 0.714. The normalized spacial score (nSPS) is 12.2. The molecule has 1 aromatic carbocycles. The van der Waals surface area contributed by atoms with Crippen molar-refractivity contribution in [3.8, 4) is 0 Å². The van der Waals surface area contributed by atoms with E-state index in [1.54, 1.807) is 6.92 Å². The molecule has 0 aliphatic heterocycles. The van der Waals surface area contributed by atoms with Gasteiger partial charge >= 0.3 is 22.3 Å². The fraction of sp³-hybridized carbons (Fsp3) is 0.222. The average molecular weight is 268 g/mol. The van der Waals surface area contributed by atoms with Crippen LogP contribution in [0.1, 0.15) is 5.56 Å². The van der Waals surface area contributed by atoms with Crippen molar-refractivity contribution in [3.63, 3.8) is 0 Å². The van der Waals surface area contributed by atoms with Gasteiger partial charge in [-0.3, -0.25) is 0 Å². The van der Waals surface area contributed by atoms with Gasteiger partial charge in [0.25, 0.3) is 0 Å². The first-order valence-electron chi connectivity index (χ1n) is 4.25. The predicted molar refractivity (Wildman–Crippen MR) is 50.5 cm³/mol. The molecule has 0 aliphatic carbocycles. The van der Waals surface area contributed by atoms with Gasteiger partial charge in [-0.2, -0.15) is 21.6 Å². The highest BCUT2D eigenvalue weighted by Gasteiger charge is 2.44. The molecule has 0 heterocycles. The second kappa shape index (κ2) is 4.36. The van der Waals surface area contributed by atoms with Crippen LogP contribution >= 0.6 is 0 Å². The quantitative estimate of drug-likeness (QED) is 0.767. The average Bonchev–Trinajstić information content (AvgIpc) is 2.16. The number of benzene rings is 1. The molecule has 0 atom stereocenters. The number of hydrogen-bond acceptors (Lipinski definition) is 4. The van der Waals surface area contributed by atoms with E-state index >= 15 is 0 Å². The van der Waals surface area contributed by atoms with Crippen LogP contribution in [0.15, 0.2) is 29.2 Å². The van der Waals surface area contributed by atoms with Crippen molar-refractivity contribution in [1.29, 1.82) is 0 Å². The van der Waals surface area contributed by atoms with E-state index in [2.05, 4.69) is 4.18 Å².